The molecule has 1 saturated heterocycles. The second kappa shape index (κ2) is 6.68. The van der Waals surface area contributed by atoms with E-state index in [0.717, 1.165) is 5.69 Å². The third kappa shape index (κ3) is 3.44. The van der Waals surface area contributed by atoms with Gasteiger partial charge in [0.15, 0.2) is 0 Å². The van der Waals surface area contributed by atoms with Crippen molar-refractivity contribution in [2.24, 2.45) is 7.05 Å². The first-order valence-electron chi connectivity index (χ1n) is 7.64. The quantitative estimate of drug-likeness (QED) is 0.935. The first-order valence-corrected chi connectivity index (χ1v) is 7.64. The fourth-order valence-electron chi connectivity index (χ4n) is 2.71. The zero-order valence-corrected chi connectivity index (χ0v) is 13.1. The number of benzene rings is 1. The molecule has 0 spiro atoms. The number of halogens is 1. The number of urea groups is 1. The molecule has 0 aliphatic carbocycles. The number of carbonyl (C=O) groups is 1. The highest BCUT2D eigenvalue weighted by Gasteiger charge is 2.22. The number of hydrogen-bond donors (Lipinski definition) is 1. The van der Waals surface area contributed by atoms with Crippen LogP contribution in [0.3, 0.4) is 0 Å². The number of anilines is 1. The van der Waals surface area contributed by atoms with Crippen LogP contribution in [-0.4, -0.2) is 46.9 Å². The molecule has 1 N–H and O–H groups in total. The highest BCUT2D eigenvalue weighted by atomic mass is 19.1. The summed E-state index contributed by atoms with van der Waals surface area (Å²) >= 11 is 0. The fraction of sp³-hybridized carbons (Fsp3) is 0.375. The van der Waals surface area contributed by atoms with E-state index in [1.807, 2.05) is 24.1 Å². The predicted molar refractivity (Wildman–Crippen MR) is 85.6 cm³/mol. The molecule has 1 aromatic heterocycles. The SMILES string of the molecule is Cn1nccc1CNC(=O)N1CCN(c2ccccc2F)CC1. The molecule has 7 heteroatoms. The maximum absolute atomic E-state index is 13.8. The number of nitrogens with one attached hydrogen (secondary N) is 1. The summed E-state index contributed by atoms with van der Waals surface area (Å²) in [4.78, 5) is 15.9. The number of aromatic nitrogens is 2. The number of piperazine rings is 1. The maximum atomic E-state index is 13.8. The molecule has 0 bridgehead atoms. The van der Waals surface area contributed by atoms with Gasteiger partial charge in [0.25, 0.3) is 0 Å². The van der Waals surface area contributed by atoms with E-state index in [2.05, 4.69) is 10.4 Å². The van der Waals surface area contributed by atoms with Crippen molar-refractivity contribution in [2.45, 2.75) is 6.54 Å². The Morgan fingerprint density at radius 3 is 2.61 bits per heavy atom. The molecule has 1 fully saturated rings. The lowest BCUT2D eigenvalue weighted by Crippen LogP contribution is -2.52. The Morgan fingerprint density at radius 1 is 1.22 bits per heavy atom. The predicted octanol–water partition coefficient (Wildman–Crippen LogP) is 1.59. The lowest BCUT2D eigenvalue weighted by molar-refractivity contribution is 0.193. The molecule has 3 rings (SSSR count). The summed E-state index contributed by atoms with van der Waals surface area (Å²) in [5, 5.41) is 6.96. The Balaban J connectivity index is 1.51. The molecule has 2 amide bonds. The zero-order valence-electron chi connectivity index (χ0n) is 13.1. The third-order valence-corrected chi connectivity index (χ3v) is 4.10. The van der Waals surface area contributed by atoms with Crippen LogP contribution in [0.5, 0.6) is 0 Å². The minimum absolute atomic E-state index is 0.0978. The van der Waals surface area contributed by atoms with E-state index >= 15 is 0 Å². The van der Waals surface area contributed by atoms with Crippen LogP contribution in [0.25, 0.3) is 0 Å². The number of aryl methyl sites for hydroxylation is 1. The molecule has 0 radical (unpaired) electrons. The van der Waals surface area contributed by atoms with Crippen molar-refractivity contribution in [3.8, 4) is 0 Å². The Kier molecular flexibility index (Phi) is 4.45. The van der Waals surface area contributed by atoms with Gasteiger partial charge in [0.2, 0.25) is 0 Å². The smallest absolute Gasteiger partial charge is 0.317 e. The van der Waals surface area contributed by atoms with Crippen LogP contribution in [-0.2, 0) is 13.6 Å². The third-order valence-electron chi connectivity index (χ3n) is 4.10. The van der Waals surface area contributed by atoms with Crippen LogP contribution < -0.4 is 10.2 Å². The van der Waals surface area contributed by atoms with Crippen molar-refractivity contribution in [1.29, 1.82) is 0 Å². The summed E-state index contributed by atoms with van der Waals surface area (Å²) in [5.74, 6) is -0.221. The second-order valence-electron chi connectivity index (χ2n) is 5.53. The standard InChI is InChI=1S/C16H20FN5O/c1-20-13(6-7-19-20)12-18-16(23)22-10-8-21(9-11-22)15-5-3-2-4-14(15)17/h2-7H,8-12H2,1H3,(H,18,23). The molecule has 6 nitrogen and oxygen atoms in total. The van der Waals surface area contributed by atoms with E-state index in [0.29, 0.717) is 38.4 Å². The summed E-state index contributed by atoms with van der Waals surface area (Å²) in [6.07, 6.45) is 1.70. The summed E-state index contributed by atoms with van der Waals surface area (Å²) in [6.45, 7) is 2.85. The molecular formula is C16H20FN5O. The summed E-state index contributed by atoms with van der Waals surface area (Å²) in [5.41, 5.74) is 1.55. The normalized spacial score (nSPS) is 14.9. The maximum Gasteiger partial charge on any atom is 0.317 e. The molecule has 0 atom stereocenters. The monoisotopic (exact) mass is 317 g/mol. The molecular weight excluding hydrogens is 297 g/mol. The summed E-state index contributed by atoms with van der Waals surface area (Å²) in [6, 6.07) is 8.51. The van der Waals surface area contributed by atoms with E-state index in [1.54, 1.807) is 27.9 Å². The molecule has 1 aliphatic heterocycles. The van der Waals surface area contributed by atoms with Gasteiger partial charge in [-0.2, -0.15) is 5.10 Å². The first-order chi connectivity index (χ1) is 11.1. The van der Waals surface area contributed by atoms with Crippen LogP contribution in [0.15, 0.2) is 36.5 Å². The van der Waals surface area contributed by atoms with Crippen molar-refractivity contribution in [2.75, 3.05) is 31.1 Å². The minimum atomic E-state index is -0.221. The Bertz CT molecular complexity index is 679. The Morgan fingerprint density at radius 2 is 1.96 bits per heavy atom. The van der Waals surface area contributed by atoms with Crippen LogP contribution in [0.4, 0.5) is 14.9 Å². The van der Waals surface area contributed by atoms with Gasteiger partial charge in [-0.3, -0.25) is 4.68 Å². The van der Waals surface area contributed by atoms with Crippen LogP contribution in [0, 0.1) is 5.82 Å². The molecule has 2 heterocycles. The van der Waals surface area contributed by atoms with Gasteiger partial charge in [0, 0.05) is 39.4 Å². The minimum Gasteiger partial charge on any atom is -0.366 e. The van der Waals surface area contributed by atoms with Gasteiger partial charge in [-0.1, -0.05) is 12.1 Å². The molecule has 23 heavy (non-hydrogen) atoms. The van der Waals surface area contributed by atoms with Gasteiger partial charge in [0.1, 0.15) is 5.82 Å². The lowest BCUT2D eigenvalue weighted by atomic mass is 10.2. The lowest BCUT2D eigenvalue weighted by Gasteiger charge is -2.36. The average Bonchev–Trinajstić information content (AvgIpc) is 2.98. The van der Waals surface area contributed by atoms with E-state index in [9.17, 15) is 9.18 Å². The van der Waals surface area contributed by atoms with E-state index in [4.69, 9.17) is 0 Å². The van der Waals surface area contributed by atoms with Crippen LogP contribution in [0.2, 0.25) is 0 Å². The van der Waals surface area contributed by atoms with Crippen molar-refractivity contribution in [3.63, 3.8) is 0 Å². The topological polar surface area (TPSA) is 53.4 Å². The summed E-state index contributed by atoms with van der Waals surface area (Å²) < 4.78 is 15.5. The van der Waals surface area contributed by atoms with Crippen LogP contribution in [0.1, 0.15) is 5.69 Å². The van der Waals surface area contributed by atoms with Gasteiger partial charge in [0.05, 0.1) is 17.9 Å². The van der Waals surface area contributed by atoms with Crippen molar-refractivity contribution >= 4 is 11.7 Å². The second-order valence-corrected chi connectivity index (χ2v) is 5.53. The number of para-hydroxylation sites is 1. The van der Waals surface area contributed by atoms with Crippen molar-refractivity contribution in [3.05, 3.63) is 48.0 Å². The fourth-order valence-corrected chi connectivity index (χ4v) is 2.71. The highest BCUT2D eigenvalue weighted by Crippen LogP contribution is 2.20. The summed E-state index contributed by atoms with van der Waals surface area (Å²) in [7, 11) is 1.84. The van der Waals surface area contributed by atoms with E-state index < -0.39 is 0 Å². The van der Waals surface area contributed by atoms with Gasteiger partial charge in [-0.25, -0.2) is 9.18 Å². The first kappa shape index (κ1) is 15.3. The van der Waals surface area contributed by atoms with Gasteiger partial charge < -0.3 is 15.1 Å². The molecule has 1 aromatic carbocycles. The van der Waals surface area contributed by atoms with Crippen molar-refractivity contribution < 1.29 is 9.18 Å². The van der Waals surface area contributed by atoms with Crippen LogP contribution >= 0.6 is 0 Å². The molecule has 0 saturated carbocycles. The average molecular weight is 317 g/mol. The largest absolute Gasteiger partial charge is 0.366 e. The number of carbonyl (C=O) groups excluding carboxylic acids is 1. The Labute approximate surface area is 134 Å². The van der Waals surface area contributed by atoms with E-state index in [1.165, 1.54) is 6.07 Å². The molecule has 0 unspecified atom stereocenters. The van der Waals surface area contributed by atoms with Gasteiger partial charge >= 0.3 is 6.03 Å². The number of hydrogen-bond acceptors (Lipinski definition) is 3. The molecule has 2 aromatic rings. The van der Waals surface area contributed by atoms with Gasteiger partial charge in [-0.05, 0) is 18.2 Å². The molecule has 122 valence electrons. The molecule has 1 aliphatic rings. The highest BCUT2D eigenvalue weighted by molar-refractivity contribution is 5.74. The number of rotatable bonds is 3. The van der Waals surface area contributed by atoms with Gasteiger partial charge in [-0.15, -0.1) is 0 Å². The Hall–Kier alpha value is -2.57. The van der Waals surface area contributed by atoms with E-state index in [-0.39, 0.29) is 11.8 Å². The number of nitrogens with zero attached hydrogens (tertiary/aromatic N) is 4. The number of amides is 2. The zero-order chi connectivity index (χ0) is 16.2. The van der Waals surface area contributed by atoms with Crippen molar-refractivity contribution in [1.82, 2.24) is 20.0 Å².